The molecule has 1 atom stereocenters. The van der Waals surface area contributed by atoms with Crippen LogP contribution in [0, 0.1) is 6.92 Å². The number of thioether (sulfide) groups is 1. The van der Waals surface area contributed by atoms with E-state index in [0.29, 0.717) is 17.5 Å². The molecule has 0 saturated heterocycles. The van der Waals surface area contributed by atoms with Crippen LogP contribution < -0.4 is 5.32 Å². The molecule has 0 bridgehead atoms. The fourth-order valence-corrected chi connectivity index (χ4v) is 4.48. The molecule has 8 heteroatoms. The fourth-order valence-electron chi connectivity index (χ4n) is 3.28. The van der Waals surface area contributed by atoms with Crippen LogP contribution in [0.15, 0.2) is 39.3 Å². The van der Waals surface area contributed by atoms with Gasteiger partial charge < -0.3 is 9.73 Å². The second-order valence-corrected chi connectivity index (χ2v) is 8.48. The quantitative estimate of drug-likeness (QED) is 0.635. The van der Waals surface area contributed by atoms with E-state index in [0.717, 1.165) is 30.0 Å². The van der Waals surface area contributed by atoms with Crippen LogP contribution >= 0.6 is 23.1 Å². The van der Waals surface area contributed by atoms with Crippen LogP contribution in [-0.4, -0.2) is 26.8 Å². The standard InChI is InChI=1S/C19H20N4O2S2/c1-12-20-14(10-26-12)9-18-22-23-19(25-18)27-11-17(24)21-16-8-4-6-13-5-2-3-7-15(13)16/h2-3,5,7,10,16H,4,6,8-9,11H2,1H3,(H,21,24)/t16-/m0/s1. The second kappa shape index (κ2) is 8.22. The highest BCUT2D eigenvalue weighted by Crippen LogP contribution is 2.29. The predicted molar refractivity (Wildman–Crippen MR) is 105 cm³/mol. The van der Waals surface area contributed by atoms with Crippen molar-refractivity contribution >= 4 is 29.0 Å². The van der Waals surface area contributed by atoms with Gasteiger partial charge in [0.05, 0.1) is 28.9 Å². The highest BCUT2D eigenvalue weighted by molar-refractivity contribution is 7.99. The molecule has 1 amide bonds. The first-order valence-electron chi connectivity index (χ1n) is 8.91. The summed E-state index contributed by atoms with van der Waals surface area (Å²) in [6.45, 7) is 1.96. The number of carbonyl (C=O) groups excluding carboxylic acids is 1. The number of nitrogens with zero attached hydrogens (tertiary/aromatic N) is 3. The van der Waals surface area contributed by atoms with E-state index in [4.69, 9.17) is 4.42 Å². The zero-order valence-electron chi connectivity index (χ0n) is 15.0. The maximum Gasteiger partial charge on any atom is 0.277 e. The van der Waals surface area contributed by atoms with Crippen molar-refractivity contribution in [2.75, 3.05) is 5.75 Å². The molecule has 27 heavy (non-hydrogen) atoms. The third-order valence-corrected chi connectivity index (χ3v) is 6.12. The fraction of sp³-hybridized carbons (Fsp3) is 0.368. The molecule has 0 radical (unpaired) electrons. The lowest BCUT2D eigenvalue weighted by atomic mass is 9.88. The first-order chi connectivity index (χ1) is 13.2. The monoisotopic (exact) mass is 400 g/mol. The van der Waals surface area contributed by atoms with Crippen molar-refractivity contribution in [3.63, 3.8) is 0 Å². The number of fused-ring (bicyclic) bond motifs is 1. The number of nitrogens with one attached hydrogen (secondary N) is 1. The lowest BCUT2D eigenvalue weighted by Crippen LogP contribution is -2.32. The Morgan fingerprint density at radius 2 is 2.26 bits per heavy atom. The van der Waals surface area contributed by atoms with Gasteiger partial charge in [0.25, 0.3) is 5.22 Å². The Balaban J connectivity index is 1.30. The van der Waals surface area contributed by atoms with Gasteiger partial charge in [-0.1, -0.05) is 36.0 Å². The third-order valence-electron chi connectivity index (χ3n) is 4.48. The van der Waals surface area contributed by atoms with Gasteiger partial charge in [0.1, 0.15) is 0 Å². The normalized spacial score (nSPS) is 16.1. The van der Waals surface area contributed by atoms with E-state index in [9.17, 15) is 4.79 Å². The van der Waals surface area contributed by atoms with Crippen LogP contribution in [0.5, 0.6) is 0 Å². The van der Waals surface area contributed by atoms with E-state index in [1.54, 1.807) is 11.3 Å². The average molecular weight is 401 g/mol. The van der Waals surface area contributed by atoms with E-state index < -0.39 is 0 Å². The molecule has 1 aliphatic rings. The number of carbonyl (C=O) groups is 1. The Bertz CT molecular complexity index is 937. The SMILES string of the molecule is Cc1nc(Cc2nnc(SCC(=O)N[C@H]3CCCc4ccccc43)o2)cs1. The van der Waals surface area contributed by atoms with Crippen LogP contribution in [0.4, 0.5) is 0 Å². The molecule has 0 spiro atoms. The molecule has 4 rings (SSSR count). The average Bonchev–Trinajstić information content (AvgIpc) is 3.29. The van der Waals surface area contributed by atoms with Crippen molar-refractivity contribution in [1.29, 1.82) is 0 Å². The van der Waals surface area contributed by atoms with Crippen molar-refractivity contribution in [2.24, 2.45) is 0 Å². The third kappa shape index (κ3) is 4.56. The second-order valence-electron chi connectivity index (χ2n) is 6.50. The highest BCUT2D eigenvalue weighted by Gasteiger charge is 2.21. The molecule has 0 aliphatic heterocycles. The molecule has 0 unspecified atom stereocenters. The Kier molecular flexibility index (Phi) is 5.54. The van der Waals surface area contributed by atoms with Crippen LogP contribution in [0.25, 0.3) is 0 Å². The summed E-state index contributed by atoms with van der Waals surface area (Å²) in [4.78, 5) is 16.8. The molecule has 1 aromatic carbocycles. The molecule has 1 aliphatic carbocycles. The Morgan fingerprint density at radius 1 is 1.37 bits per heavy atom. The van der Waals surface area contributed by atoms with E-state index in [1.807, 2.05) is 18.4 Å². The summed E-state index contributed by atoms with van der Waals surface area (Å²) in [6.07, 6.45) is 3.67. The van der Waals surface area contributed by atoms with Gasteiger partial charge in [-0.2, -0.15) is 0 Å². The lowest BCUT2D eigenvalue weighted by Gasteiger charge is -2.26. The molecular formula is C19H20N4O2S2. The van der Waals surface area contributed by atoms with E-state index in [2.05, 4.69) is 38.7 Å². The zero-order valence-corrected chi connectivity index (χ0v) is 16.6. The zero-order chi connectivity index (χ0) is 18.6. The maximum atomic E-state index is 12.4. The number of benzene rings is 1. The Labute approximate surface area is 165 Å². The molecule has 0 fully saturated rings. The van der Waals surface area contributed by atoms with Gasteiger partial charge in [-0.05, 0) is 37.3 Å². The summed E-state index contributed by atoms with van der Waals surface area (Å²) in [5, 5.41) is 14.6. The van der Waals surface area contributed by atoms with E-state index >= 15 is 0 Å². The molecule has 6 nitrogen and oxygen atoms in total. The van der Waals surface area contributed by atoms with Crippen molar-refractivity contribution in [3.05, 3.63) is 57.4 Å². The van der Waals surface area contributed by atoms with Crippen molar-refractivity contribution < 1.29 is 9.21 Å². The molecule has 1 N–H and O–H groups in total. The number of aromatic nitrogens is 3. The van der Waals surface area contributed by atoms with Crippen LogP contribution in [0.2, 0.25) is 0 Å². The smallest absolute Gasteiger partial charge is 0.277 e. The highest BCUT2D eigenvalue weighted by atomic mass is 32.2. The lowest BCUT2D eigenvalue weighted by molar-refractivity contribution is -0.119. The van der Waals surface area contributed by atoms with Gasteiger partial charge in [-0.3, -0.25) is 4.79 Å². The van der Waals surface area contributed by atoms with Crippen molar-refractivity contribution in [3.8, 4) is 0 Å². The number of thiazole rings is 1. The molecule has 140 valence electrons. The van der Waals surface area contributed by atoms with Gasteiger partial charge in [-0.25, -0.2) is 4.98 Å². The minimum absolute atomic E-state index is 0.0171. The molecule has 2 aromatic heterocycles. The van der Waals surface area contributed by atoms with Crippen molar-refractivity contribution in [1.82, 2.24) is 20.5 Å². The molecule has 0 saturated carbocycles. The van der Waals surface area contributed by atoms with Gasteiger partial charge in [0, 0.05) is 5.38 Å². The summed E-state index contributed by atoms with van der Waals surface area (Å²) in [7, 11) is 0. The molecular weight excluding hydrogens is 380 g/mol. The van der Waals surface area contributed by atoms with Gasteiger partial charge >= 0.3 is 0 Å². The Hall–Kier alpha value is -2.19. The number of rotatable bonds is 6. The predicted octanol–water partition coefficient (Wildman–Crippen LogP) is 3.71. The van der Waals surface area contributed by atoms with E-state index in [1.165, 1.54) is 22.9 Å². The van der Waals surface area contributed by atoms with Crippen LogP contribution in [0.3, 0.4) is 0 Å². The Morgan fingerprint density at radius 3 is 3.11 bits per heavy atom. The van der Waals surface area contributed by atoms with E-state index in [-0.39, 0.29) is 17.7 Å². The molecule has 2 heterocycles. The van der Waals surface area contributed by atoms with Crippen LogP contribution in [-0.2, 0) is 17.6 Å². The topological polar surface area (TPSA) is 80.9 Å². The minimum Gasteiger partial charge on any atom is -0.416 e. The summed E-state index contributed by atoms with van der Waals surface area (Å²) in [5.41, 5.74) is 3.49. The summed E-state index contributed by atoms with van der Waals surface area (Å²) < 4.78 is 5.62. The van der Waals surface area contributed by atoms with Crippen LogP contribution in [0.1, 0.15) is 46.6 Å². The summed E-state index contributed by atoms with van der Waals surface area (Å²) >= 11 is 2.86. The minimum atomic E-state index is -0.0171. The summed E-state index contributed by atoms with van der Waals surface area (Å²) in [5.74, 6) is 0.761. The van der Waals surface area contributed by atoms with Gasteiger partial charge in [-0.15, -0.1) is 21.5 Å². The first kappa shape index (κ1) is 18.2. The number of aryl methyl sites for hydroxylation is 2. The first-order valence-corrected chi connectivity index (χ1v) is 10.8. The number of amides is 1. The van der Waals surface area contributed by atoms with Crippen molar-refractivity contribution in [2.45, 2.75) is 43.9 Å². The largest absolute Gasteiger partial charge is 0.416 e. The summed E-state index contributed by atoms with van der Waals surface area (Å²) in [6, 6.07) is 8.43. The number of hydrogen-bond acceptors (Lipinski definition) is 7. The van der Waals surface area contributed by atoms with Gasteiger partial charge in [0.15, 0.2) is 0 Å². The van der Waals surface area contributed by atoms with Gasteiger partial charge in [0.2, 0.25) is 11.8 Å². The maximum absolute atomic E-state index is 12.4. The molecule has 3 aromatic rings. The number of hydrogen-bond donors (Lipinski definition) is 1.